The van der Waals surface area contributed by atoms with Gasteiger partial charge in [-0.2, -0.15) is 0 Å². The molecule has 0 aromatic carbocycles. The van der Waals surface area contributed by atoms with Crippen LogP contribution in [0.3, 0.4) is 0 Å². The molecule has 0 spiro atoms. The second-order valence-corrected chi connectivity index (χ2v) is 10.9. The van der Waals surface area contributed by atoms with E-state index in [1.807, 2.05) is 0 Å². The first-order chi connectivity index (χ1) is 9.05. The van der Waals surface area contributed by atoms with Crippen molar-refractivity contribution in [3.05, 3.63) is 25.3 Å². The Bertz CT molecular complexity index is 324. The van der Waals surface area contributed by atoms with Crippen molar-refractivity contribution >= 4 is 20.3 Å². The van der Waals surface area contributed by atoms with Crippen LogP contribution in [0.1, 0.15) is 41.5 Å². The molecular formula is C15H28O4Si. The number of aliphatic carboxylic acids is 1. The maximum atomic E-state index is 11.4. The molecule has 1 N–H and O–H groups in total. The van der Waals surface area contributed by atoms with Crippen LogP contribution < -0.4 is 0 Å². The molecular weight excluding hydrogens is 272 g/mol. The molecule has 0 rings (SSSR count). The van der Waals surface area contributed by atoms with Gasteiger partial charge in [0.2, 0.25) is 0 Å². The second kappa shape index (κ2) is 9.53. The molecule has 0 aliphatic carbocycles. The van der Waals surface area contributed by atoms with E-state index >= 15 is 0 Å². The van der Waals surface area contributed by atoms with Gasteiger partial charge in [0.1, 0.15) is 0 Å². The normalized spacial score (nSPS) is 10.8. The lowest BCUT2D eigenvalue weighted by Crippen LogP contribution is -2.48. The summed E-state index contributed by atoms with van der Waals surface area (Å²) in [5.74, 6) is -1.25. The van der Waals surface area contributed by atoms with E-state index in [0.29, 0.717) is 16.6 Å². The Kier molecular flexibility index (Phi) is 9.98. The Morgan fingerprint density at radius 1 is 0.950 bits per heavy atom. The molecule has 20 heavy (non-hydrogen) atoms. The topological polar surface area (TPSA) is 63.6 Å². The van der Waals surface area contributed by atoms with Gasteiger partial charge in [-0.25, -0.2) is 9.59 Å². The van der Waals surface area contributed by atoms with Gasteiger partial charge in [0.25, 0.3) is 8.32 Å². The van der Waals surface area contributed by atoms with E-state index in [1.54, 1.807) is 0 Å². The van der Waals surface area contributed by atoms with Crippen LogP contribution in [0.4, 0.5) is 0 Å². The van der Waals surface area contributed by atoms with E-state index in [1.165, 1.54) is 6.08 Å². The highest BCUT2D eigenvalue weighted by Gasteiger charge is 2.47. The van der Waals surface area contributed by atoms with Gasteiger partial charge in [-0.3, -0.25) is 0 Å². The Morgan fingerprint density at radius 3 is 1.40 bits per heavy atom. The number of carboxylic acids is 1. The van der Waals surface area contributed by atoms with E-state index in [9.17, 15) is 9.59 Å². The number of hydrogen-bond donors (Lipinski definition) is 1. The molecule has 0 aromatic heterocycles. The van der Waals surface area contributed by atoms with Crippen LogP contribution in [0.25, 0.3) is 0 Å². The number of carboxylic acid groups (broad SMARTS) is 1. The molecule has 0 bridgehead atoms. The van der Waals surface area contributed by atoms with E-state index in [4.69, 9.17) is 9.53 Å². The molecule has 5 heteroatoms. The fourth-order valence-electron chi connectivity index (χ4n) is 2.57. The predicted molar refractivity (Wildman–Crippen MR) is 85.2 cm³/mol. The molecule has 0 saturated heterocycles. The average molecular weight is 300 g/mol. The Hall–Kier alpha value is -1.36. The summed E-state index contributed by atoms with van der Waals surface area (Å²) in [6.45, 7) is 19.4. The molecule has 0 amide bonds. The molecule has 0 fully saturated rings. The van der Waals surface area contributed by atoms with Crippen LogP contribution in [-0.2, 0) is 14.0 Å². The first kappa shape index (κ1) is 20.9. The summed E-state index contributed by atoms with van der Waals surface area (Å²) in [6.07, 6.45) is 2.11. The van der Waals surface area contributed by atoms with Crippen LogP contribution in [0.5, 0.6) is 0 Å². The lowest BCUT2D eigenvalue weighted by atomic mass is 10.5. The first-order valence-electron chi connectivity index (χ1n) is 6.76. The molecule has 0 aliphatic rings. The van der Waals surface area contributed by atoms with Gasteiger partial charge in [-0.15, -0.1) is 0 Å². The monoisotopic (exact) mass is 300 g/mol. The van der Waals surface area contributed by atoms with Crippen molar-refractivity contribution in [1.82, 2.24) is 0 Å². The number of carbonyl (C=O) groups excluding carboxylic acids is 1. The van der Waals surface area contributed by atoms with Crippen LogP contribution >= 0.6 is 0 Å². The number of carbonyl (C=O) groups is 2. The summed E-state index contributed by atoms with van der Waals surface area (Å²) in [5.41, 5.74) is 1.30. The zero-order valence-electron chi connectivity index (χ0n) is 13.5. The second-order valence-electron chi connectivity index (χ2n) is 5.49. The quantitative estimate of drug-likeness (QED) is 0.591. The van der Waals surface area contributed by atoms with Crippen molar-refractivity contribution in [2.24, 2.45) is 0 Å². The van der Waals surface area contributed by atoms with Crippen molar-refractivity contribution in [1.29, 1.82) is 0 Å². The molecule has 0 aliphatic heterocycles. The van der Waals surface area contributed by atoms with Gasteiger partial charge in [-0.1, -0.05) is 54.7 Å². The molecule has 0 aromatic rings. The molecule has 0 radical (unpaired) electrons. The van der Waals surface area contributed by atoms with Gasteiger partial charge < -0.3 is 9.53 Å². The van der Waals surface area contributed by atoms with Gasteiger partial charge in [0.05, 0.1) is 0 Å². The highest BCUT2D eigenvalue weighted by Crippen LogP contribution is 2.42. The Morgan fingerprint density at radius 2 is 1.25 bits per heavy atom. The third kappa shape index (κ3) is 6.19. The maximum Gasteiger partial charge on any atom is 0.327 e. The van der Waals surface area contributed by atoms with Crippen molar-refractivity contribution in [3.63, 3.8) is 0 Å². The zero-order valence-corrected chi connectivity index (χ0v) is 14.5. The summed E-state index contributed by atoms with van der Waals surface area (Å²) in [5, 5.41) is 7.60. The van der Waals surface area contributed by atoms with Crippen LogP contribution in [0, 0.1) is 0 Å². The minimum absolute atomic E-state index is 0.266. The maximum absolute atomic E-state index is 11.4. The average Bonchev–Trinajstić information content (AvgIpc) is 2.34. The standard InChI is InChI=1S/C12H24O2Si.C3H4O2/c1-8-12(13)14-15(9(2)3,10(4)5)11(6)7;1-2-3(4)5/h8-11H,1H2,2-7H3;2H,1H2,(H,4,5). The summed E-state index contributed by atoms with van der Waals surface area (Å²) in [6, 6.07) is 0. The predicted octanol–water partition coefficient (Wildman–Crippen LogP) is 4.15. The van der Waals surface area contributed by atoms with Crippen molar-refractivity contribution in [2.45, 2.75) is 58.2 Å². The fraction of sp³-hybridized carbons (Fsp3) is 0.600. The minimum Gasteiger partial charge on any atom is -0.515 e. The van der Waals surface area contributed by atoms with E-state index in [0.717, 1.165) is 6.08 Å². The van der Waals surface area contributed by atoms with Crippen LogP contribution in [0.2, 0.25) is 16.6 Å². The highest BCUT2D eigenvalue weighted by atomic mass is 28.4. The Balaban J connectivity index is 0. The van der Waals surface area contributed by atoms with E-state index < -0.39 is 14.3 Å². The molecule has 0 heterocycles. The van der Waals surface area contributed by atoms with E-state index in [-0.39, 0.29) is 5.97 Å². The van der Waals surface area contributed by atoms with Crippen LogP contribution in [-0.4, -0.2) is 25.4 Å². The number of hydrogen-bond acceptors (Lipinski definition) is 3. The smallest absolute Gasteiger partial charge is 0.327 e. The van der Waals surface area contributed by atoms with Crippen molar-refractivity contribution in [3.8, 4) is 0 Å². The third-order valence-corrected chi connectivity index (χ3v) is 9.29. The fourth-order valence-corrected chi connectivity index (χ4v) is 7.71. The highest BCUT2D eigenvalue weighted by molar-refractivity contribution is 6.79. The molecule has 116 valence electrons. The van der Waals surface area contributed by atoms with Crippen LogP contribution in [0.15, 0.2) is 25.3 Å². The summed E-state index contributed by atoms with van der Waals surface area (Å²) in [7, 11) is -2.03. The summed E-state index contributed by atoms with van der Waals surface area (Å²) >= 11 is 0. The Labute approximate surface area is 123 Å². The van der Waals surface area contributed by atoms with Gasteiger partial charge in [0, 0.05) is 12.2 Å². The van der Waals surface area contributed by atoms with Gasteiger partial charge in [-0.05, 0) is 16.6 Å². The molecule has 0 saturated carbocycles. The summed E-state index contributed by atoms with van der Waals surface area (Å²) in [4.78, 5) is 20.7. The largest absolute Gasteiger partial charge is 0.515 e. The molecule has 0 atom stereocenters. The zero-order chi connectivity index (χ0) is 16.5. The molecule has 4 nitrogen and oxygen atoms in total. The molecule has 0 unspecified atom stereocenters. The SMILES string of the molecule is C=CC(=O)O.C=CC(=O)O[Si](C(C)C)(C(C)C)C(C)C. The lowest BCUT2D eigenvalue weighted by Gasteiger charge is -2.40. The van der Waals surface area contributed by atoms with E-state index in [2.05, 4.69) is 54.7 Å². The third-order valence-electron chi connectivity index (χ3n) is 3.33. The lowest BCUT2D eigenvalue weighted by molar-refractivity contribution is -0.131. The van der Waals surface area contributed by atoms with Crippen molar-refractivity contribution in [2.75, 3.05) is 0 Å². The first-order valence-corrected chi connectivity index (χ1v) is 8.90. The number of rotatable bonds is 6. The summed E-state index contributed by atoms with van der Waals surface area (Å²) < 4.78 is 5.75. The van der Waals surface area contributed by atoms with Crippen molar-refractivity contribution < 1.29 is 19.1 Å². The van der Waals surface area contributed by atoms with Gasteiger partial charge >= 0.3 is 11.9 Å². The minimum atomic E-state index is -2.03. The van der Waals surface area contributed by atoms with Gasteiger partial charge in [0.15, 0.2) is 0 Å².